The average Bonchev–Trinajstić information content (AvgIpc) is 2.94. The van der Waals surface area contributed by atoms with Crippen LogP contribution >= 0.6 is 11.6 Å². The number of hydrogen-bond donors (Lipinski definition) is 0. The minimum Gasteiger partial charge on any atom is -0.403 e. The van der Waals surface area contributed by atoms with Crippen molar-refractivity contribution < 1.29 is 14.0 Å². The van der Waals surface area contributed by atoms with Crippen LogP contribution < -0.4 is 10.5 Å². The zero-order valence-electron chi connectivity index (χ0n) is 12.9. The number of rotatable bonds is 2. The van der Waals surface area contributed by atoms with Gasteiger partial charge in [0, 0.05) is 23.4 Å². The third-order valence-electron chi connectivity index (χ3n) is 4.01. The summed E-state index contributed by atoms with van der Waals surface area (Å²) in [4.78, 5) is 41.2. The van der Waals surface area contributed by atoms with E-state index >= 15 is 0 Å². The average molecular weight is 355 g/mol. The molecule has 3 aromatic rings. The van der Waals surface area contributed by atoms with Crippen LogP contribution in [0.1, 0.15) is 12.8 Å². The Bertz CT molecular complexity index is 1060. The first-order chi connectivity index (χ1) is 12.0. The molecule has 1 aromatic heterocycles. The number of carbonyl (C=O) groups is 2. The van der Waals surface area contributed by atoms with Crippen LogP contribution in [0, 0.1) is 0 Å². The maximum atomic E-state index is 12.1. The number of halogens is 1. The highest BCUT2D eigenvalue weighted by molar-refractivity contribution is 6.31. The molecule has 0 radical (unpaired) electrons. The highest BCUT2D eigenvalue weighted by atomic mass is 35.5. The largest absolute Gasteiger partial charge is 0.403 e. The van der Waals surface area contributed by atoms with Gasteiger partial charge in [-0.2, -0.15) is 0 Å². The van der Waals surface area contributed by atoms with Crippen LogP contribution in [0.5, 0.6) is 0 Å². The first-order valence-electron chi connectivity index (χ1n) is 7.59. The molecule has 2 heterocycles. The number of anilines is 1. The number of amides is 2. The molecule has 1 aliphatic heterocycles. The van der Waals surface area contributed by atoms with Crippen molar-refractivity contribution in [1.29, 1.82) is 0 Å². The van der Waals surface area contributed by atoms with Gasteiger partial charge in [0.05, 0.1) is 16.6 Å². The molecule has 0 bridgehead atoms. The topological polar surface area (TPSA) is 80.5 Å². The van der Waals surface area contributed by atoms with Gasteiger partial charge in [0.1, 0.15) is 0 Å². The molecule has 0 saturated carbocycles. The molecule has 0 unspecified atom stereocenters. The maximum Gasteiger partial charge on any atom is 0.347 e. The number of nitrogens with zero attached hydrogens (tertiary/aromatic N) is 2. The third kappa shape index (κ3) is 2.70. The Morgan fingerprint density at radius 1 is 0.960 bits per heavy atom. The number of hydrogen-bond acceptors (Lipinski definition) is 5. The van der Waals surface area contributed by atoms with Gasteiger partial charge in [-0.05, 0) is 42.5 Å². The fraction of sp³-hybridized carbons (Fsp3) is 0.111. The monoisotopic (exact) mass is 354 g/mol. The van der Waals surface area contributed by atoms with Gasteiger partial charge in [0.2, 0.25) is 17.7 Å². The van der Waals surface area contributed by atoms with E-state index in [1.54, 1.807) is 36.4 Å². The molecular formula is C18H11ClN2O4. The number of carbonyl (C=O) groups excluding carboxylic acids is 2. The Balaban J connectivity index is 1.74. The second-order valence-corrected chi connectivity index (χ2v) is 6.07. The Morgan fingerprint density at radius 2 is 1.64 bits per heavy atom. The predicted octanol–water partition coefficient (Wildman–Crippen LogP) is 3.16. The van der Waals surface area contributed by atoms with E-state index in [9.17, 15) is 14.4 Å². The second-order valence-electron chi connectivity index (χ2n) is 5.64. The SMILES string of the molecule is O=C1CCC(=O)N1c1ccc(-c2nc3ccc(Cl)cc3c(=O)o2)cc1. The lowest BCUT2D eigenvalue weighted by Gasteiger charge is -2.13. The van der Waals surface area contributed by atoms with Crippen molar-refractivity contribution in [3.63, 3.8) is 0 Å². The van der Waals surface area contributed by atoms with E-state index in [1.807, 2.05) is 0 Å². The summed E-state index contributed by atoms with van der Waals surface area (Å²) in [6, 6.07) is 11.4. The number of benzene rings is 2. The van der Waals surface area contributed by atoms with Crippen molar-refractivity contribution in [3.8, 4) is 11.5 Å². The zero-order valence-corrected chi connectivity index (χ0v) is 13.6. The molecule has 1 saturated heterocycles. The van der Waals surface area contributed by atoms with Crippen molar-refractivity contribution in [3.05, 3.63) is 57.9 Å². The predicted molar refractivity (Wildman–Crippen MR) is 92.5 cm³/mol. The van der Waals surface area contributed by atoms with Crippen LogP contribution in [-0.2, 0) is 9.59 Å². The quantitative estimate of drug-likeness (QED) is 0.660. The summed E-state index contributed by atoms with van der Waals surface area (Å²) in [5.41, 5.74) is 1.00. The number of imide groups is 1. The molecule has 2 aromatic carbocycles. The van der Waals surface area contributed by atoms with E-state index in [2.05, 4.69) is 4.98 Å². The molecule has 1 fully saturated rings. The lowest BCUT2D eigenvalue weighted by Crippen LogP contribution is -2.28. The summed E-state index contributed by atoms with van der Waals surface area (Å²) >= 11 is 5.88. The van der Waals surface area contributed by atoms with E-state index in [0.717, 1.165) is 4.90 Å². The molecule has 4 rings (SSSR count). The Labute approximate surface area is 146 Å². The van der Waals surface area contributed by atoms with Gasteiger partial charge in [-0.15, -0.1) is 0 Å². The minimum atomic E-state index is -0.531. The summed E-state index contributed by atoms with van der Waals surface area (Å²) in [7, 11) is 0. The Morgan fingerprint density at radius 3 is 2.32 bits per heavy atom. The van der Waals surface area contributed by atoms with Crippen LogP contribution in [0.25, 0.3) is 22.4 Å². The molecule has 1 aliphatic rings. The fourth-order valence-electron chi connectivity index (χ4n) is 2.79. The molecule has 0 aliphatic carbocycles. The van der Waals surface area contributed by atoms with Gasteiger partial charge in [0.15, 0.2) is 0 Å². The van der Waals surface area contributed by atoms with Gasteiger partial charge in [0.25, 0.3) is 0 Å². The highest BCUT2D eigenvalue weighted by Crippen LogP contribution is 2.26. The Kier molecular flexibility index (Phi) is 3.62. The summed E-state index contributed by atoms with van der Waals surface area (Å²) in [6.45, 7) is 0. The number of fused-ring (bicyclic) bond motifs is 1. The molecule has 0 atom stereocenters. The molecule has 25 heavy (non-hydrogen) atoms. The minimum absolute atomic E-state index is 0.158. The van der Waals surface area contributed by atoms with E-state index in [1.165, 1.54) is 6.07 Å². The first kappa shape index (κ1) is 15.5. The van der Waals surface area contributed by atoms with Crippen molar-refractivity contribution in [2.24, 2.45) is 0 Å². The molecule has 7 heteroatoms. The van der Waals surface area contributed by atoms with E-state index < -0.39 is 5.63 Å². The molecule has 0 N–H and O–H groups in total. The maximum absolute atomic E-state index is 12.1. The Hall–Kier alpha value is -2.99. The van der Waals surface area contributed by atoms with Crippen LogP contribution in [0.2, 0.25) is 5.02 Å². The molecule has 6 nitrogen and oxygen atoms in total. The smallest absolute Gasteiger partial charge is 0.347 e. The van der Waals surface area contributed by atoms with Crippen molar-refractivity contribution in [1.82, 2.24) is 4.98 Å². The van der Waals surface area contributed by atoms with Crippen molar-refractivity contribution in [2.75, 3.05) is 4.90 Å². The zero-order chi connectivity index (χ0) is 17.6. The summed E-state index contributed by atoms with van der Waals surface area (Å²) in [6.07, 6.45) is 0.453. The lowest BCUT2D eigenvalue weighted by molar-refractivity contribution is -0.121. The van der Waals surface area contributed by atoms with E-state index in [0.29, 0.717) is 27.2 Å². The van der Waals surface area contributed by atoms with Crippen LogP contribution in [-0.4, -0.2) is 16.8 Å². The lowest BCUT2D eigenvalue weighted by atomic mass is 10.2. The van der Waals surface area contributed by atoms with Crippen LogP contribution in [0.3, 0.4) is 0 Å². The standard InChI is InChI=1S/C18H11ClN2O4/c19-11-3-6-14-13(9-11)18(24)25-17(20-14)10-1-4-12(5-2-10)21-15(22)7-8-16(21)23/h1-6,9H,7-8H2. The van der Waals surface area contributed by atoms with Gasteiger partial charge in [-0.3, -0.25) is 14.5 Å². The summed E-state index contributed by atoms with van der Waals surface area (Å²) in [5.74, 6) is -0.277. The van der Waals surface area contributed by atoms with Gasteiger partial charge >= 0.3 is 5.63 Å². The summed E-state index contributed by atoms with van der Waals surface area (Å²) < 4.78 is 5.27. The second kappa shape index (κ2) is 5.82. The van der Waals surface area contributed by atoms with Crippen LogP contribution in [0.15, 0.2) is 51.7 Å². The van der Waals surface area contributed by atoms with E-state index in [-0.39, 0.29) is 30.5 Å². The first-order valence-corrected chi connectivity index (χ1v) is 7.97. The molecule has 124 valence electrons. The van der Waals surface area contributed by atoms with Gasteiger partial charge in [-0.1, -0.05) is 11.6 Å². The molecule has 0 spiro atoms. The van der Waals surface area contributed by atoms with Crippen LogP contribution in [0.4, 0.5) is 5.69 Å². The fourth-order valence-corrected chi connectivity index (χ4v) is 2.96. The van der Waals surface area contributed by atoms with Crippen molar-refractivity contribution in [2.45, 2.75) is 12.8 Å². The summed E-state index contributed by atoms with van der Waals surface area (Å²) in [5, 5.41) is 0.736. The van der Waals surface area contributed by atoms with Gasteiger partial charge in [-0.25, -0.2) is 9.78 Å². The number of aromatic nitrogens is 1. The third-order valence-corrected chi connectivity index (χ3v) is 4.25. The van der Waals surface area contributed by atoms with Gasteiger partial charge < -0.3 is 4.42 Å². The van der Waals surface area contributed by atoms with Crippen molar-refractivity contribution >= 4 is 40.0 Å². The molecular weight excluding hydrogens is 344 g/mol. The van der Waals surface area contributed by atoms with E-state index in [4.69, 9.17) is 16.0 Å². The molecule has 2 amide bonds. The highest BCUT2D eigenvalue weighted by Gasteiger charge is 2.30. The normalized spacial score (nSPS) is 14.5.